The molecule has 84 valence electrons. The van der Waals surface area contributed by atoms with E-state index in [9.17, 15) is 4.21 Å². The van der Waals surface area contributed by atoms with Crippen LogP contribution in [0, 0.1) is 0 Å². The van der Waals surface area contributed by atoms with Crippen molar-refractivity contribution in [1.82, 2.24) is 4.98 Å². The van der Waals surface area contributed by atoms with E-state index in [0.29, 0.717) is 12.3 Å². The zero-order valence-electron chi connectivity index (χ0n) is 8.63. The lowest BCUT2D eigenvalue weighted by Gasteiger charge is -2.02. The predicted octanol–water partition coefficient (Wildman–Crippen LogP) is 1.91. The van der Waals surface area contributed by atoms with Gasteiger partial charge in [-0.1, -0.05) is 6.07 Å². The van der Waals surface area contributed by atoms with Crippen LogP contribution in [0.1, 0.15) is 11.3 Å². The zero-order chi connectivity index (χ0) is 11.4. The SMILES string of the molecule is NCc1cc(CS(=O)c2cccs2)ccn1. The van der Waals surface area contributed by atoms with Crippen LogP contribution in [-0.2, 0) is 23.1 Å². The molecule has 0 radical (unpaired) electrons. The highest BCUT2D eigenvalue weighted by Crippen LogP contribution is 2.17. The lowest BCUT2D eigenvalue weighted by Crippen LogP contribution is -2.01. The van der Waals surface area contributed by atoms with E-state index in [1.807, 2.05) is 29.6 Å². The molecule has 2 aromatic heterocycles. The monoisotopic (exact) mass is 252 g/mol. The molecule has 0 bridgehead atoms. The van der Waals surface area contributed by atoms with Gasteiger partial charge in [0.1, 0.15) is 0 Å². The molecule has 0 amide bonds. The number of nitrogens with two attached hydrogens (primary N) is 1. The largest absolute Gasteiger partial charge is 0.325 e. The quantitative estimate of drug-likeness (QED) is 0.904. The Labute approximate surface area is 101 Å². The van der Waals surface area contributed by atoms with Gasteiger partial charge in [-0.2, -0.15) is 0 Å². The molecule has 16 heavy (non-hydrogen) atoms. The van der Waals surface area contributed by atoms with Gasteiger partial charge in [-0.25, -0.2) is 0 Å². The summed E-state index contributed by atoms with van der Waals surface area (Å²) in [7, 11) is -0.964. The van der Waals surface area contributed by atoms with Crippen molar-refractivity contribution in [2.45, 2.75) is 16.5 Å². The molecule has 5 heteroatoms. The van der Waals surface area contributed by atoms with Crippen LogP contribution in [0.5, 0.6) is 0 Å². The fraction of sp³-hybridized carbons (Fsp3) is 0.182. The molecule has 3 nitrogen and oxygen atoms in total. The second-order valence-electron chi connectivity index (χ2n) is 3.28. The summed E-state index contributed by atoms with van der Waals surface area (Å²) in [5.74, 6) is 0.524. The Bertz CT molecular complexity index is 482. The third kappa shape index (κ3) is 2.75. The number of rotatable bonds is 4. The Balaban J connectivity index is 2.12. The van der Waals surface area contributed by atoms with Crippen molar-refractivity contribution in [3.05, 3.63) is 47.1 Å². The predicted molar refractivity (Wildman–Crippen MR) is 66.6 cm³/mol. The summed E-state index contributed by atoms with van der Waals surface area (Å²) >= 11 is 1.52. The van der Waals surface area contributed by atoms with Crippen LogP contribution in [0.15, 0.2) is 40.1 Å². The second kappa shape index (κ2) is 5.34. The van der Waals surface area contributed by atoms with E-state index in [2.05, 4.69) is 4.98 Å². The fourth-order valence-electron chi connectivity index (χ4n) is 1.35. The number of hydrogen-bond donors (Lipinski definition) is 1. The van der Waals surface area contributed by atoms with Crippen LogP contribution >= 0.6 is 11.3 Å². The van der Waals surface area contributed by atoms with E-state index >= 15 is 0 Å². The standard InChI is InChI=1S/C11H12N2OS2/c12-7-10-6-9(3-4-13-10)8-16(14)11-2-1-5-15-11/h1-6H,7-8,12H2. The highest BCUT2D eigenvalue weighted by molar-refractivity contribution is 7.86. The van der Waals surface area contributed by atoms with Gasteiger partial charge in [0.05, 0.1) is 26.5 Å². The molecule has 2 heterocycles. The first-order valence-corrected chi connectivity index (χ1v) is 7.05. The molecule has 2 rings (SSSR count). The second-order valence-corrected chi connectivity index (χ2v) is 5.91. The topological polar surface area (TPSA) is 56.0 Å². The first kappa shape index (κ1) is 11.4. The summed E-state index contributed by atoms with van der Waals surface area (Å²) in [6.07, 6.45) is 1.71. The smallest absolute Gasteiger partial charge is 0.0913 e. The third-order valence-corrected chi connectivity index (χ3v) is 4.80. The normalized spacial score (nSPS) is 12.6. The Morgan fingerprint density at radius 3 is 3.00 bits per heavy atom. The van der Waals surface area contributed by atoms with Crippen molar-refractivity contribution in [2.75, 3.05) is 0 Å². The molecule has 1 atom stereocenters. The first-order chi connectivity index (χ1) is 7.79. The van der Waals surface area contributed by atoms with E-state index in [4.69, 9.17) is 5.73 Å². The Morgan fingerprint density at radius 2 is 2.31 bits per heavy atom. The van der Waals surface area contributed by atoms with Gasteiger partial charge in [-0.05, 0) is 29.1 Å². The van der Waals surface area contributed by atoms with E-state index in [0.717, 1.165) is 15.5 Å². The highest BCUT2D eigenvalue weighted by Gasteiger charge is 2.06. The average molecular weight is 252 g/mol. The van der Waals surface area contributed by atoms with Gasteiger partial charge in [0, 0.05) is 12.7 Å². The molecule has 0 saturated heterocycles. The van der Waals surface area contributed by atoms with E-state index in [-0.39, 0.29) is 0 Å². The lowest BCUT2D eigenvalue weighted by atomic mass is 10.2. The molecule has 2 aromatic rings. The molecular weight excluding hydrogens is 240 g/mol. The van der Waals surface area contributed by atoms with Gasteiger partial charge in [0.2, 0.25) is 0 Å². The Morgan fingerprint density at radius 1 is 1.44 bits per heavy atom. The van der Waals surface area contributed by atoms with Crippen molar-refractivity contribution in [3.8, 4) is 0 Å². The minimum atomic E-state index is -0.964. The number of nitrogens with zero attached hydrogens (tertiary/aromatic N) is 1. The van der Waals surface area contributed by atoms with Crippen molar-refractivity contribution in [1.29, 1.82) is 0 Å². The number of aromatic nitrogens is 1. The molecule has 0 saturated carbocycles. The average Bonchev–Trinajstić information content (AvgIpc) is 2.83. The molecule has 0 aromatic carbocycles. The van der Waals surface area contributed by atoms with Gasteiger partial charge in [-0.3, -0.25) is 9.19 Å². The van der Waals surface area contributed by atoms with E-state index < -0.39 is 10.8 Å². The number of pyridine rings is 1. The van der Waals surface area contributed by atoms with Gasteiger partial charge in [0.25, 0.3) is 0 Å². The molecule has 0 spiro atoms. The van der Waals surface area contributed by atoms with Crippen molar-refractivity contribution >= 4 is 22.1 Å². The fourth-order valence-corrected chi connectivity index (χ4v) is 3.42. The van der Waals surface area contributed by atoms with Gasteiger partial charge in [-0.15, -0.1) is 11.3 Å². The minimum Gasteiger partial charge on any atom is -0.325 e. The van der Waals surface area contributed by atoms with Crippen LogP contribution < -0.4 is 5.73 Å². The van der Waals surface area contributed by atoms with Crippen molar-refractivity contribution < 1.29 is 4.21 Å². The Kier molecular flexibility index (Phi) is 3.82. The zero-order valence-corrected chi connectivity index (χ0v) is 10.3. The van der Waals surface area contributed by atoms with Crippen LogP contribution in [0.3, 0.4) is 0 Å². The summed E-state index contributed by atoms with van der Waals surface area (Å²) in [6, 6.07) is 7.59. The summed E-state index contributed by atoms with van der Waals surface area (Å²) in [5.41, 5.74) is 7.36. The first-order valence-electron chi connectivity index (χ1n) is 4.85. The summed E-state index contributed by atoms with van der Waals surface area (Å²) in [5, 5.41) is 1.94. The lowest BCUT2D eigenvalue weighted by molar-refractivity contribution is 0.684. The van der Waals surface area contributed by atoms with Crippen LogP contribution in [0.4, 0.5) is 0 Å². The Hall–Kier alpha value is -1.04. The highest BCUT2D eigenvalue weighted by atomic mass is 32.2. The van der Waals surface area contributed by atoms with E-state index in [1.165, 1.54) is 11.3 Å². The van der Waals surface area contributed by atoms with Crippen LogP contribution in [0.2, 0.25) is 0 Å². The number of hydrogen-bond acceptors (Lipinski definition) is 4. The maximum Gasteiger partial charge on any atom is 0.0913 e. The van der Waals surface area contributed by atoms with Crippen LogP contribution in [0.25, 0.3) is 0 Å². The molecule has 1 unspecified atom stereocenters. The molecule has 0 fully saturated rings. The molecule has 0 aliphatic heterocycles. The van der Waals surface area contributed by atoms with Crippen molar-refractivity contribution in [3.63, 3.8) is 0 Å². The number of thiophene rings is 1. The van der Waals surface area contributed by atoms with Gasteiger partial charge < -0.3 is 5.73 Å². The van der Waals surface area contributed by atoms with Crippen molar-refractivity contribution in [2.24, 2.45) is 5.73 Å². The van der Waals surface area contributed by atoms with Gasteiger partial charge >= 0.3 is 0 Å². The van der Waals surface area contributed by atoms with E-state index in [1.54, 1.807) is 6.20 Å². The summed E-state index contributed by atoms with van der Waals surface area (Å²) < 4.78 is 12.9. The minimum absolute atomic E-state index is 0.416. The molecule has 0 aliphatic carbocycles. The molecule has 0 aliphatic rings. The molecular formula is C11H12N2OS2. The summed E-state index contributed by atoms with van der Waals surface area (Å²) in [6.45, 7) is 0.416. The maximum absolute atomic E-state index is 11.9. The maximum atomic E-state index is 11.9. The third-order valence-electron chi connectivity index (χ3n) is 2.11. The van der Waals surface area contributed by atoms with Crippen LogP contribution in [-0.4, -0.2) is 9.19 Å². The summed E-state index contributed by atoms with van der Waals surface area (Å²) in [4.78, 5) is 4.11. The molecule has 2 N–H and O–H groups in total. The van der Waals surface area contributed by atoms with Gasteiger partial charge in [0.15, 0.2) is 0 Å².